The van der Waals surface area contributed by atoms with Gasteiger partial charge in [0.15, 0.2) is 5.70 Å². The van der Waals surface area contributed by atoms with Crippen molar-refractivity contribution >= 4 is 33.5 Å². The van der Waals surface area contributed by atoms with Crippen molar-refractivity contribution in [1.82, 2.24) is 0 Å². The zero-order valence-corrected chi connectivity index (χ0v) is 16.9. The van der Waals surface area contributed by atoms with Gasteiger partial charge in [-0.2, -0.15) is 0 Å². The van der Waals surface area contributed by atoms with Crippen molar-refractivity contribution < 1.29 is 9.53 Å². The summed E-state index contributed by atoms with van der Waals surface area (Å²) in [6.45, 7) is 4.37. The largest absolute Gasteiger partial charge is 0.402 e. The standard InChI is InChI=1S/C22H19BrN2O2/c1-22(2)16-6-4-5-7-18(16)25(3)19(22)13-12-17-21(26)27-20(24-17)14-8-10-15(23)11-9-14/h4-13H,1-3H3. The summed E-state index contributed by atoms with van der Waals surface area (Å²) in [5.41, 5.74) is 4.49. The predicted octanol–water partition coefficient (Wildman–Crippen LogP) is 4.95. The molecule has 2 aromatic carbocycles. The summed E-state index contributed by atoms with van der Waals surface area (Å²) < 4.78 is 6.30. The highest BCUT2D eigenvalue weighted by Crippen LogP contribution is 2.46. The number of anilines is 1. The summed E-state index contributed by atoms with van der Waals surface area (Å²) in [5.74, 6) is -0.0970. The fraction of sp³-hybridized carbons (Fsp3) is 0.182. The van der Waals surface area contributed by atoms with Gasteiger partial charge in [0.1, 0.15) is 0 Å². The Morgan fingerprint density at radius 1 is 1.07 bits per heavy atom. The van der Waals surface area contributed by atoms with Gasteiger partial charge in [0.25, 0.3) is 0 Å². The molecule has 2 aliphatic rings. The van der Waals surface area contributed by atoms with Crippen LogP contribution >= 0.6 is 15.9 Å². The Hall–Kier alpha value is -2.66. The number of aliphatic imine (C=N–C) groups is 1. The Morgan fingerprint density at radius 2 is 1.78 bits per heavy atom. The molecule has 0 aliphatic carbocycles. The number of ether oxygens (including phenoxy) is 1. The van der Waals surface area contributed by atoms with Crippen LogP contribution in [0.15, 0.2) is 81.5 Å². The van der Waals surface area contributed by atoms with Gasteiger partial charge in [0.05, 0.1) is 0 Å². The average Bonchev–Trinajstić information content (AvgIpc) is 3.11. The van der Waals surface area contributed by atoms with E-state index in [4.69, 9.17) is 4.74 Å². The van der Waals surface area contributed by atoms with Crippen LogP contribution < -0.4 is 4.90 Å². The molecule has 4 nitrogen and oxygen atoms in total. The fourth-order valence-electron chi connectivity index (χ4n) is 3.60. The first-order valence-corrected chi connectivity index (χ1v) is 9.50. The first kappa shape index (κ1) is 17.7. The number of fused-ring (bicyclic) bond motifs is 1. The Kier molecular flexibility index (Phi) is 4.27. The number of hydrogen-bond donors (Lipinski definition) is 0. The number of rotatable bonds is 2. The number of esters is 1. The Morgan fingerprint density at radius 3 is 2.48 bits per heavy atom. The number of halogens is 1. The Balaban J connectivity index is 1.68. The molecular formula is C22H19BrN2O2. The predicted molar refractivity (Wildman–Crippen MR) is 111 cm³/mol. The summed E-state index contributed by atoms with van der Waals surface area (Å²) in [6, 6.07) is 15.9. The minimum atomic E-state index is -0.430. The highest BCUT2D eigenvalue weighted by molar-refractivity contribution is 9.10. The van der Waals surface area contributed by atoms with E-state index in [-0.39, 0.29) is 5.41 Å². The maximum Gasteiger partial charge on any atom is 0.363 e. The average molecular weight is 423 g/mol. The van der Waals surface area contributed by atoms with Crippen molar-refractivity contribution in [3.05, 3.63) is 87.7 Å². The summed E-state index contributed by atoms with van der Waals surface area (Å²) in [6.07, 6.45) is 3.71. The third-order valence-corrected chi connectivity index (χ3v) is 5.58. The third-order valence-electron chi connectivity index (χ3n) is 5.05. The molecule has 0 radical (unpaired) electrons. The van der Waals surface area contributed by atoms with Crippen molar-refractivity contribution in [2.45, 2.75) is 19.3 Å². The molecule has 0 amide bonds. The number of para-hydroxylation sites is 1. The van der Waals surface area contributed by atoms with E-state index in [9.17, 15) is 4.79 Å². The zero-order chi connectivity index (χ0) is 19.2. The van der Waals surface area contributed by atoms with Crippen molar-refractivity contribution in [3.63, 3.8) is 0 Å². The van der Waals surface area contributed by atoms with Crippen LogP contribution in [0, 0.1) is 0 Å². The molecule has 0 bridgehead atoms. The molecule has 0 saturated carbocycles. The van der Waals surface area contributed by atoms with Gasteiger partial charge in [-0.15, -0.1) is 0 Å². The van der Waals surface area contributed by atoms with Gasteiger partial charge in [-0.05, 0) is 48.0 Å². The van der Waals surface area contributed by atoms with Crippen LogP contribution in [-0.2, 0) is 14.9 Å². The minimum Gasteiger partial charge on any atom is -0.402 e. The topological polar surface area (TPSA) is 41.9 Å². The lowest BCUT2D eigenvalue weighted by Gasteiger charge is -2.23. The highest BCUT2D eigenvalue weighted by atomic mass is 79.9. The maximum atomic E-state index is 12.2. The van der Waals surface area contributed by atoms with E-state index < -0.39 is 5.97 Å². The van der Waals surface area contributed by atoms with Gasteiger partial charge < -0.3 is 9.64 Å². The van der Waals surface area contributed by atoms with Crippen molar-refractivity contribution in [2.24, 2.45) is 4.99 Å². The lowest BCUT2D eigenvalue weighted by atomic mass is 9.84. The quantitative estimate of drug-likeness (QED) is 0.507. The molecule has 0 saturated heterocycles. The van der Waals surface area contributed by atoms with E-state index >= 15 is 0 Å². The summed E-state index contributed by atoms with van der Waals surface area (Å²) in [4.78, 5) is 18.8. The molecular weight excluding hydrogens is 404 g/mol. The first-order chi connectivity index (χ1) is 12.9. The number of carbonyl (C=O) groups excluding carboxylic acids is 1. The van der Waals surface area contributed by atoms with Crippen LogP contribution in [0.3, 0.4) is 0 Å². The maximum absolute atomic E-state index is 12.2. The molecule has 27 heavy (non-hydrogen) atoms. The van der Waals surface area contributed by atoms with E-state index in [1.807, 2.05) is 43.5 Å². The Labute approximate surface area is 167 Å². The number of likely N-dealkylation sites (N-methyl/N-ethyl adjacent to an activating group) is 1. The van der Waals surface area contributed by atoms with Crippen LogP contribution in [0.2, 0.25) is 0 Å². The molecule has 0 fully saturated rings. The van der Waals surface area contributed by atoms with Gasteiger partial charge >= 0.3 is 5.97 Å². The summed E-state index contributed by atoms with van der Waals surface area (Å²) in [5, 5.41) is 0. The Bertz CT molecular complexity index is 1020. The molecule has 4 rings (SSSR count). The van der Waals surface area contributed by atoms with Crippen LogP contribution in [0.5, 0.6) is 0 Å². The summed E-state index contributed by atoms with van der Waals surface area (Å²) in [7, 11) is 2.04. The van der Waals surface area contributed by atoms with Crippen molar-refractivity contribution in [2.75, 3.05) is 11.9 Å². The van der Waals surface area contributed by atoms with Gasteiger partial charge in [-0.25, -0.2) is 9.79 Å². The lowest BCUT2D eigenvalue weighted by molar-refractivity contribution is -0.130. The second-order valence-corrected chi connectivity index (χ2v) is 8.03. The van der Waals surface area contributed by atoms with E-state index in [2.05, 4.69) is 57.9 Å². The molecule has 0 N–H and O–H groups in total. The fourth-order valence-corrected chi connectivity index (χ4v) is 3.86. The van der Waals surface area contributed by atoms with E-state index in [1.165, 1.54) is 11.3 Å². The second-order valence-electron chi connectivity index (χ2n) is 7.12. The van der Waals surface area contributed by atoms with Crippen LogP contribution in [0.4, 0.5) is 5.69 Å². The molecule has 2 aliphatic heterocycles. The number of nitrogens with zero attached hydrogens (tertiary/aromatic N) is 2. The molecule has 2 heterocycles. The molecule has 0 unspecified atom stereocenters. The lowest BCUT2D eigenvalue weighted by Crippen LogP contribution is -2.22. The van der Waals surface area contributed by atoms with Gasteiger partial charge in [0, 0.05) is 33.9 Å². The van der Waals surface area contributed by atoms with E-state index in [1.54, 1.807) is 6.08 Å². The van der Waals surface area contributed by atoms with Crippen LogP contribution in [-0.4, -0.2) is 18.9 Å². The van der Waals surface area contributed by atoms with Crippen molar-refractivity contribution in [3.8, 4) is 0 Å². The van der Waals surface area contributed by atoms with Crippen LogP contribution in [0.25, 0.3) is 0 Å². The zero-order valence-electron chi connectivity index (χ0n) is 15.4. The van der Waals surface area contributed by atoms with Gasteiger partial charge in [0.2, 0.25) is 5.90 Å². The minimum absolute atomic E-state index is 0.150. The number of carbonyl (C=O) groups is 1. The third kappa shape index (κ3) is 3.02. The normalized spacial score (nSPS) is 20.8. The number of cyclic esters (lactones) is 1. The SMILES string of the molecule is CN1C(=CC=C2N=C(c3ccc(Br)cc3)OC2=O)C(C)(C)c2ccccc21. The molecule has 0 spiro atoms. The van der Waals surface area contributed by atoms with Crippen molar-refractivity contribution in [1.29, 1.82) is 0 Å². The number of benzene rings is 2. The summed E-state index contributed by atoms with van der Waals surface area (Å²) >= 11 is 3.40. The van der Waals surface area contributed by atoms with E-state index in [0.29, 0.717) is 11.6 Å². The number of hydrogen-bond acceptors (Lipinski definition) is 4. The molecule has 5 heteroatoms. The van der Waals surface area contributed by atoms with Gasteiger partial charge in [-0.1, -0.05) is 48.0 Å². The second kappa shape index (κ2) is 6.50. The molecule has 2 aromatic rings. The first-order valence-electron chi connectivity index (χ1n) is 8.70. The molecule has 0 atom stereocenters. The molecule has 136 valence electrons. The molecule has 0 aromatic heterocycles. The van der Waals surface area contributed by atoms with Crippen LogP contribution in [0.1, 0.15) is 25.0 Å². The monoisotopic (exact) mass is 422 g/mol. The van der Waals surface area contributed by atoms with E-state index in [0.717, 1.165) is 15.7 Å². The smallest absolute Gasteiger partial charge is 0.363 e. The number of allylic oxidation sites excluding steroid dienone is 3. The van der Waals surface area contributed by atoms with Gasteiger partial charge in [-0.3, -0.25) is 0 Å². The highest BCUT2D eigenvalue weighted by Gasteiger charge is 2.37.